The first-order chi connectivity index (χ1) is 24.8. The Balaban J connectivity index is 1.28. The van der Waals surface area contributed by atoms with Gasteiger partial charge in [0.25, 0.3) is 23.6 Å². The Kier molecular flexibility index (Phi) is 13.5. The van der Waals surface area contributed by atoms with Gasteiger partial charge in [0.05, 0.1) is 61.9 Å². The van der Waals surface area contributed by atoms with E-state index in [0.717, 1.165) is 22.6 Å². The minimum atomic E-state index is -0.974. The van der Waals surface area contributed by atoms with Gasteiger partial charge in [0, 0.05) is 26.2 Å². The molecule has 1 saturated heterocycles. The lowest BCUT2D eigenvalue weighted by Gasteiger charge is -2.32. The summed E-state index contributed by atoms with van der Waals surface area (Å²) in [4.78, 5) is 87.1. The molecule has 0 N–H and O–H groups in total. The number of hydrogen-bond acceptors (Lipinski definition) is 9. The zero-order valence-electron chi connectivity index (χ0n) is 29.6. The van der Waals surface area contributed by atoms with E-state index in [9.17, 15) is 28.8 Å². The molecule has 2 aromatic carbocycles. The number of unbranched alkanes of at least 4 members (excludes halogenated alkanes) is 2. The maximum absolute atomic E-state index is 14.1. The van der Waals surface area contributed by atoms with Crippen LogP contribution >= 0.6 is 0 Å². The molecule has 2 atom stereocenters. The fourth-order valence-electron chi connectivity index (χ4n) is 6.71. The second-order valence-corrected chi connectivity index (χ2v) is 12.9. The average molecular weight is 705 g/mol. The molecule has 5 rings (SSSR count). The molecule has 1 fully saturated rings. The maximum Gasteiger partial charge on any atom is 0.262 e. The van der Waals surface area contributed by atoms with Gasteiger partial charge in [0.2, 0.25) is 11.8 Å². The molecule has 0 aromatic heterocycles. The predicted octanol–water partition coefficient (Wildman–Crippen LogP) is 3.42. The summed E-state index contributed by atoms with van der Waals surface area (Å²) >= 11 is 0. The van der Waals surface area contributed by atoms with Gasteiger partial charge in [0.1, 0.15) is 12.1 Å². The van der Waals surface area contributed by atoms with Crippen molar-refractivity contribution in [3.63, 3.8) is 0 Å². The first-order valence-corrected chi connectivity index (χ1v) is 18.0. The van der Waals surface area contributed by atoms with E-state index < -0.39 is 35.7 Å². The number of imide groups is 2. The molecule has 2 aromatic rings. The Hall–Kier alpha value is -4.46. The number of nitrogens with zero attached hydrogens (tertiary/aromatic N) is 4. The van der Waals surface area contributed by atoms with Gasteiger partial charge < -0.3 is 24.0 Å². The molecule has 274 valence electrons. The van der Waals surface area contributed by atoms with Crippen LogP contribution in [0.4, 0.5) is 0 Å². The molecule has 0 aliphatic carbocycles. The number of carbonyl (C=O) groups excluding carboxylic acids is 6. The summed E-state index contributed by atoms with van der Waals surface area (Å²) in [7, 11) is 0. The van der Waals surface area contributed by atoms with Gasteiger partial charge in [-0.25, -0.2) is 0 Å². The summed E-state index contributed by atoms with van der Waals surface area (Å²) in [5, 5.41) is 0. The van der Waals surface area contributed by atoms with Crippen molar-refractivity contribution in [2.24, 2.45) is 0 Å². The third-order valence-electron chi connectivity index (χ3n) is 9.52. The summed E-state index contributed by atoms with van der Waals surface area (Å²) in [5.74, 6) is -2.62. The van der Waals surface area contributed by atoms with Crippen LogP contribution in [0.15, 0.2) is 48.5 Å². The van der Waals surface area contributed by atoms with Crippen molar-refractivity contribution in [2.75, 3.05) is 65.8 Å². The molecular weight excluding hydrogens is 656 g/mol. The molecule has 3 heterocycles. The van der Waals surface area contributed by atoms with Gasteiger partial charge >= 0.3 is 0 Å². The zero-order valence-corrected chi connectivity index (χ0v) is 29.6. The van der Waals surface area contributed by atoms with Gasteiger partial charge in [-0.2, -0.15) is 0 Å². The van der Waals surface area contributed by atoms with Gasteiger partial charge in [-0.05, 0) is 37.1 Å². The van der Waals surface area contributed by atoms with Crippen LogP contribution in [-0.4, -0.2) is 133 Å². The third-order valence-corrected chi connectivity index (χ3v) is 9.52. The quantitative estimate of drug-likeness (QED) is 0.340. The highest BCUT2D eigenvalue weighted by molar-refractivity contribution is 6.23. The van der Waals surface area contributed by atoms with E-state index >= 15 is 0 Å². The Morgan fingerprint density at radius 1 is 0.529 bits per heavy atom. The summed E-state index contributed by atoms with van der Waals surface area (Å²) in [5.41, 5.74) is 1.17. The molecule has 0 unspecified atom stereocenters. The molecule has 51 heavy (non-hydrogen) atoms. The van der Waals surface area contributed by atoms with Crippen LogP contribution in [0.1, 0.15) is 93.8 Å². The van der Waals surface area contributed by atoms with Crippen LogP contribution in [0.3, 0.4) is 0 Å². The molecule has 13 heteroatoms. The fourth-order valence-corrected chi connectivity index (χ4v) is 6.71. The molecule has 6 amide bonds. The molecule has 3 aliphatic heterocycles. The topological polar surface area (TPSA) is 143 Å². The Labute approximate surface area is 298 Å². The maximum atomic E-state index is 14.1. The smallest absolute Gasteiger partial charge is 0.262 e. The molecule has 0 spiro atoms. The van der Waals surface area contributed by atoms with Gasteiger partial charge in [-0.15, -0.1) is 0 Å². The standard InChI is InChI=1S/C38H48N4O9/c1-3-5-15-31(41-33(43)27-11-7-8-12-28(27)34(41)44)37(47)39-17-21-49-22-18-40(20-24-51-26-25-50-23-19-39)38(48)32(16-6-4-2)42-35(45)29-13-9-10-14-30(29)36(42)46/h7-14,31-32H,3-6,15-26H2,1-2H3/t31-,32-/m1/s1. The van der Waals surface area contributed by atoms with E-state index in [-0.39, 0.29) is 77.6 Å². The van der Waals surface area contributed by atoms with E-state index in [2.05, 4.69) is 0 Å². The van der Waals surface area contributed by atoms with E-state index in [1.54, 1.807) is 58.3 Å². The van der Waals surface area contributed by atoms with Crippen molar-refractivity contribution in [3.8, 4) is 0 Å². The first kappa shape index (κ1) is 37.8. The van der Waals surface area contributed by atoms with Crippen molar-refractivity contribution < 1.29 is 43.0 Å². The van der Waals surface area contributed by atoms with Crippen molar-refractivity contribution in [1.29, 1.82) is 0 Å². The normalized spacial score (nSPS) is 19.0. The average Bonchev–Trinajstić information content (AvgIpc) is 3.54. The highest BCUT2D eigenvalue weighted by Crippen LogP contribution is 2.29. The molecule has 0 radical (unpaired) electrons. The number of amides is 6. The minimum Gasteiger partial charge on any atom is -0.378 e. The lowest BCUT2D eigenvalue weighted by atomic mass is 10.1. The highest BCUT2D eigenvalue weighted by Gasteiger charge is 2.45. The number of ether oxygens (including phenoxy) is 3. The third kappa shape index (κ3) is 8.54. The van der Waals surface area contributed by atoms with Gasteiger partial charge in [-0.1, -0.05) is 63.8 Å². The second kappa shape index (κ2) is 18.2. The lowest BCUT2D eigenvalue weighted by molar-refractivity contribution is -0.137. The zero-order chi connectivity index (χ0) is 36.3. The second-order valence-electron chi connectivity index (χ2n) is 12.9. The molecule has 13 nitrogen and oxygen atoms in total. The predicted molar refractivity (Wildman–Crippen MR) is 186 cm³/mol. The highest BCUT2D eigenvalue weighted by atomic mass is 16.5. The van der Waals surface area contributed by atoms with Crippen molar-refractivity contribution in [3.05, 3.63) is 70.8 Å². The molecule has 0 saturated carbocycles. The first-order valence-electron chi connectivity index (χ1n) is 18.0. The van der Waals surface area contributed by atoms with Crippen LogP contribution in [0.5, 0.6) is 0 Å². The summed E-state index contributed by atoms with van der Waals surface area (Å²) in [6, 6.07) is 11.2. The Bertz CT molecular complexity index is 1410. The van der Waals surface area contributed by atoms with E-state index in [1.807, 2.05) is 13.8 Å². The van der Waals surface area contributed by atoms with Crippen LogP contribution < -0.4 is 0 Å². The summed E-state index contributed by atoms with van der Waals surface area (Å²) in [6.45, 7) is 5.93. The van der Waals surface area contributed by atoms with E-state index in [1.165, 1.54) is 0 Å². The van der Waals surface area contributed by atoms with Crippen LogP contribution in [0.2, 0.25) is 0 Å². The number of benzene rings is 2. The van der Waals surface area contributed by atoms with Gasteiger partial charge in [0.15, 0.2) is 0 Å². The number of carbonyl (C=O) groups is 6. The Morgan fingerprint density at radius 3 is 1.12 bits per heavy atom. The monoisotopic (exact) mass is 704 g/mol. The van der Waals surface area contributed by atoms with Crippen molar-refractivity contribution in [2.45, 2.75) is 64.5 Å². The van der Waals surface area contributed by atoms with Crippen LogP contribution in [-0.2, 0) is 23.8 Å². The Morgan fingerprint density at radius 2 is 0.824 bits per heavy atom. The molecular formula is C38H48N4O9. The molecule has 3 aliphatic rings. The van der Waals surface area contributed by atoms with E-state index in [4.69, 9.17) is 14.2 Å². The number of rotatable bonds is 10. The summed E-state index contributed by atoms with van der Waals surface area (Å²) < 4.78 is 17.5. The van der Waals surface area contributed by atoms with Crippen molar-refractivity contribution >= 4 is 35.4 Å². The fraction of sp³-hybridized carbons (Fsp3) is 0.526. The van der Waals surface area contributed by atoms with E-state index in [0.29, 0.717) is 47.9 Å². The summed E-state index contributed by atoms with van der Waals surface area (Å²) in [6.07, 6.45) is 3.51. The number of fused-ring (bicyclic) bond motifs is 2. The minimum absolute atomic E-state index is 0.130. The van der Waals surface area contributed by atoms with Crippen molar-refractivity contribution in [1.82, 2.24) is 19.6 Å². The largest absolute Gasteiger partial charge is 0.378 e. The van der Waals surface area contributed by atoms with Crippen LogP contribution in [0, 0.1) is 0 Å². The van der Waals surface area contributed by atoms with Crippen LogP contribution in [0.25, 0.3) is 0 Å². The van der Waals surface area contributed by atoms with Gasteiger partial charge in [-0.3, -0.25) is 38.6 Å². The SMILES string of the molecule is CCCC[C@H](C(=O)N1CCOCCOCCN(C(=O)[C@@H](CCCC)N2C(=O)c3ccccc3C2=O)CCOCC1)N1C(=O)c2ccccc2C1=O. The number of hydrogen-bond donors (Lipinski definition) is 0. The lowest BCUT2D eigenvalue weighted by Crippen LogP contribution is -2.52. The molecule has 0 bridgehead atoms.